The highest BCUT2D eigenvalue weighted by molar-refractivity contribution is 7.87. The number of nitrogens with one attached hydrogen (secondary N) is 1. The van der Waals surface area contributed by atoms with Crippen molar-refractivity contribution in [3.8, 4) is 11.5 Å². The molecule has 1 heterocycles. The van der Waals surface area contributed by atoms with Crippen molar-refractivity contribution in [2.45, 2.75) is 44.4 Å². The van der Waals surface area contributed by atoms with Gasteiger partial charge in [0.1, 0.15) is 16.5 Å². The van der Waals surface area contributed by atoms with Crippen LogP contribution in [-0.4, -0.2) is 50.1 Å². The third-order valence-corrected chi connectivity index (χ3v) is 7.66. The van der Waals surface area contributed by atoms with Crippen LogP contribution in [0.4, 0.5) is 0 Å². The van der Waals surface area contributed by atoms with Gasteiger partial charge in [-0.1, -0.05) is 30.3 Å². The SMILES string of the molecule is COc1cc(C(=O)N(CCCc2ccccc2)Cc2nc([C@H](O)NS(N)(=O)=O)cs2)cc(OC)c1C1CC1. The molecule has 1 amide bonds. The van der Waals surface area contributed by atoms with E-state index in [1.54, 1.807) is 31.3 Å². The Morgan fingerprint density at radius 2 is 1.87 bits per heavy atom. The fourth-order valence-corrected chi connectivity index (χ4v) is 5.55. The second kappa shape index (κ2) is 12.2. The Kier molecular flexibility index (Phi) is 9.00. The van der Waals surface area contributed by atoms with E-state index in [1.165, 1.54) is 22.3 Å². The standard InChI is InChI=1S/C26H32N4O6S2/c1-35-21-13-19(14-22(36-2)24(21)18-10-11-18)26(32)30(12-6-9-17-7-4-3-5-8-17)15-23-28-20(16-37-23)25(31)29-38(27,33)34/h3-5,7-8,13-14,16,18,25,29,31H,6,9-12,15H2,1-2H3,(H2,27,33,34)/t25-/m0/s1. The average molecular weight is 561 g/mol. The summed E-state index contributed by atoms with van der Waals surface area (Å²) in [6.45, 7) is 0.630. The van der Waals surface area contributed by atoms with E-state index in [0.29, 0.717) is 34.5 Å². The van der Waals surface area contributed by atoms with E-state index >= 15 is 0 Å². The van der Waals surface area contributed by atoms with Crippen molar-refractivity contribution in [1.29, 1.82) is 0 Å². The first-order valence-corrected chi connectivity index (χ1v) is 14.6. The maximum Gasteiger partial charge on any atom is 0.276 e. The van der Waals surface area contributed by atoms with Crippen molar-refractivity contribution < 1.29 is 27.8 Å². The summed E-state index contributed by atoms with van der Waals surface area (Å²) in [5.74, 6) is 1.43. The molecule has 38 heavy (non-hydrogen) atoms. The third kappa shape index (κ3) is 7.29. The van der Waals surface area contributed by atoms with Gasteiger partial charge in [0, 0.05) is 23.1 Å². The number of carbonyl (C=O) groups is 1. The molecule has 0 unspecified atom stereocenters. The van der Waals surface area contributed by atoms with Gasteiger partial charge in [0.2, 0.25) is 0 Å². The maximum absolute atomic E-state index is 13.8. The zero-order valence-corrected chi connectivity index (χ0v) is 22.9. The largest absolute Gasteiger partial charge is 0.496 e. The molecular formula is C26H32N4O6S2. The predicted molar refractivity (Wildman–Crippen MR) is 144 cm³/mol. The summed E-state index contributed by atoms with van der Waals surface area (Å²) < 4.78 is 35.7. The molecule has 4 rings (SSSR count). The molecule has 3 aromatic rings. The number of ether oxygens (including phenoxy) is 2. The monoisotopic (exact) mass is 560 g/mol. The first-order valence-electron chi connectivity index (χ1n) is 12.2. The van der Waals surface area contributed by atoms with Crippen molar-refractivity contribution in [3.63, 3.8) is 0 Å². The summed E-state index contributed by atoms with van der Waals surface area (Å²) in [4.78, 5) is 19.8. The van der Waals surface area contributed by atoms with Crippen LogP contribution in [0, 0.1) is 0 Å². The fraction of sp³-hybridized carbons (Fsp3) is 0.385. The van der Waals surface area contributed by atoms with Crippen LogP contribution in [0.15, 0.2) is 47.8 Å². The molecular weight excluding hydrogens is 528 g/mol. The Hall–Kier alpha value is -3.03. The van der Waals surface area contributed by atoms with Crippen LogP contribution in [-0.2, 0) is 23.2 Å². The molecule has 10 nitrogen and oxygen atoms in total. The Morgan fingerprint density at radius 1 is 1.21 bits per heavy atom. The molecule has 1 atom stereocenters. The lowest BCUT2D eigenvalue weighted by molar-refractivity contribution is 0.0740. The van der Waals surface area contributed by atoms with Gasteiger partial charge in [0.25, 0.3) is 16.1 Å². The molecule has 0 radical (unpaired) electrons. The van der Waals surface area contributed by atoms with Gasteiger partial charge in [0.15, 0.2) is 6.23 Å². The zero-order valence-electron chi connectivity index (χ0n) is 21.3. The molecule has 0 saturated heterocycles. The Morgan fingerprint density at radius 3 is 2.45 bits per heavy atom. The number of amides is 1. The molecule has 4 N–H and O–H groups in total. The first kappa shape index (κ1) is 28.0. The molecule has 1 aliphatic rings. The van der Waals surface area contributed by atoms with Crippen LogP contribution in [0.5, 0.6) is 11.5 Å². The summed E-state index contributed by atoms with van der Waals surface area (Å²) in [6, 6.07) is 13.5. The predicted octanol–water partition coefficient (Wildman–Crippen LogP) is 3.10. The van der Waals surface area contributed by atoms with Crippen LogP contribution < -0.4 is 19.3 Å². The summed E-state index contributed by atoms with van der Waals surface area (Å²) in [5.41, 5.74) is 2.71. The molecule has 0 bridgehead atoms. The summed E-state index contributed by atoms with van der Waals surface area (Å²) in [7, 11) is -0.940. The van der Waals surface area contributed by atoms with Gasteiger partial charge >= 0.3 is 0 Å². The van der Waals surface area contributed by atoms with Gasteiger partial charge in [-0.05, 0) is 49.3 Å². The molecule has 1 aliphatic carbocycles. The van der Waals surface area contributed by atoms with Crippen molar-refractivity contribution >= 4 is 27.5 Å². The van der Waals surface area contributed by atoms with Crippen molar-refractivity contribution in [2.75, 3.05) is 20.8 Å². The number of carbonyl (C=O) groups excluding carboxylic acids is 1. The minimum absolute atomic E-state index is 0.104. The molecule has 0 spiro atoms. The number of hydrogen-bond acceptors (Lipinski definition) is 8. The van der Waals surface area contributed by atoms with Crippen LogP contribution >= 0.6 is 11.3 Å². The highest BCUT2D eigenvalue weighted by atomic mass is 32.2. The lowest BCUT2D eigenvalue weighted by Crippen LogP contribution is -2.34. The number of thiazole rings is 1. The lowest BCUT2D eigenvalue weighted by atomic mass is 10.0. The van der Waals surface area contributed by atoms with Crippen LogP contribution in [0.1, 0.15) is 63.6 Å². The number of methoxy groups -OCH3 is 2. The quantitative estimate of drug-likeness (QED) is 0.273. The number of aliphatic hydroxyl groups is 1. The number of aryl methyl sites for hydroxylation is 1. The number of aromatic nitrogens is 1. The second-order valence-electron chi connectivity index (χ2n) is 9.12. The molecule has 204 valence electrons. The Balaban J connectivity index is 1.57. The van der Waals surface area contributed by atoms with E-state index < -0.39 is 16.4 Å². The van der Waals surface area contributed by atoms with Gasteiger partial charge in [-0.25, -0.2) is 10.1 Å². The van der Waals surface area contributed by atoms with Crippen molar-refractivity contribution in [2.24, 2.45) is 5.14 Å². The number of rotatable bonds is 13. The zero-order chi connectivity index (χ0) is 27.3. The smallest absolute Gasteiger partial charge is 0.276 e. The van der Waals surface area contributed by atoms with Gasteiger partial charge < -0.3 is 19.5 Å². The van der Waals surface area contributed by atoms with Gasteiger partial charge in [-0.3, -0.25) is 4.79 Å². The number of nitrogens with two attached hydrogens (primary N) is 1. The van der Waals surface area contributed by atoms with Crippen LogP contribution in [0.2, 0.25) is 0 Å². The summed E-state index contributed by atoms with van der Waals surface area (Å²) in [5, 5.41) is 17.1. The van der Waals surface area contributed by atoms with Crippen LogP contribution in [0.25, 0.3) is 0 Å². The third-order valence-electron chi connectivity index (χ3n) is 6.25. The van der Waals surface area contributed by atoms with Gasteiger partial charge in [0.05, 0.1) is 26.5 Å². The lowest BCUT2D eigenvalue weighted by Gasteiger charge is -2.23. The summed E-state index contributed by atoms with van der Waals surface area (Å²) in [6.07, 6.45) is 2.05. The number of benzene rings is 2. The second-order valence-corrected chi connectivity index (χ2v) is 11.4. The Labute approximate surface area is 226 Å². The van der Waals surface area contributed by atoms with E-state index in [2.05, 4.69) is 4.98 Å². The molecule has 1 fully saturated rings. The van der Waals surface area contributed by atoms with Gasteiger partial charge in [-0.15, -0.1) is 11.3 Å². The maximum atomic E-state index is 13.8. The normalized spacial score (nSPS) is 14.2. The van der Waals surface area contributed by atoms with E-state index in [9.17, 15) is 18.3 Å². The highest BCUT2D eigenvalue weighted by Gasteiger charge is 2.32. The van der Waals surface area contributed by atoms with Crippen molar-refractivity contribution in [1.82, 2.24) is 14.6 Å². The number of hydrogen-bond donors (Lipinski definition) is 3. The van der Waals surface area contributed by atoms with Gasteiger partial charge in [-0.2, -0.15) is 13.1 Å². The molecule has 1 saturated carbocycles. The minimum atomic E-state index is -4.12. The number of nitrogens with zero attached hydrogens (tertiary/aromatic N) is 2. The highest BCUT2D eigenvalue weighted by Crippen LogP contribution is 2.49. The van der Waals surface area contributed by atoms with E-state index in [0.717, 1.165) is 31.2 Å². The first-order chi connectivity index (χ1) is 18.2. The van der Waals surface area contributed by atoms with E-state index in [1.807, 2.05) is 35.1 Å². The Bertz CT molecular complexity index is 1330. The fourth-order valence-electron chi connectivity index (χ4n) is 4.29. The molecule has 12 heteroatoms. The molecule has 0 aliphatic heterocycles. The molecule has 2 aromatic carbocycles. The van der Waals surface area contributed by atoms with E-state index in [-0.39, 0.29) is 18.1 Å². The van der Waals surface area contributed by atoms with E-state index in [4.69, 9.17) is 14.6 Å². The minimum Gasteiger partial charge on any atom is -0.496 e. The summed E-state index contributed by atoms with van der Waals surface area (Å²) >= 11 is 1.21. The topological polar surface area (TPSA) is 144 Å². The average Bonchev–Trinajstić information content (AvgIpc) is 3.63. The molecule has 1 aromatic heterocycles. The van der Waals surface area contributed by atoms with Crippen LogP contribution in [0.3, 0.4) is 0 Å². The van der Waals surface area contributed by atoms with Crippen molar-refractivity contribution in [3.05, 3.63) is 75.2 Å². The number of aliphatic hydroxyl groups excluding tert-OH is 1.